The van der Waals surface area contributed by atoms with Gasteiger partial charge in [-0.3, -0.25) is 24.6 Å². The van der Waals surface area contributed by atoms with Gasteiger partial charge in [-0.25, -0.2) is 4.98 Å². The number of amides is 3. The third-order valence-corrected chi connectivity index (χ3v) is 8.19. The predicted octanol–water partition coefficient (Wildman–Crippen LogP) is 3.78. The third kappa shape index (κ3) is 4.69. The van der Waals surface area contributed by atoms with E-state index in [0.29, 0.717) is 37.3 Å². The topological polar surface area (TPSA) is 87.5 Å². The van der Waals surface area contributed by atoms with E-state index in [1.165, 1.54) is 4.90 Å². The molecule has 2 saturated heterocycles. The quantitative estimate of drug-likeness (QED) is 0.510. The molecule has 0 radical (unpaired) electrons. The van der Waals surface area contributed by atoms with Crippen molar-refractivity contribution in [1.29, 1.82) is 0 Å². The molecule has 1 aromatic carbocycles. The van der Waals surface area contributed by atoms with Crippen molar-refractivity contribution in [2.45, 2.75) is 51.0 Å². The van der Waals surface area contributed by atoms with Crippen molar-refractivity contribution in [2.75, 3.05) is 13.1 Å². The Morgan fingerprint density at radius 3 is 2.54 bits per heavy atom. The second kappa shape index (κ2) is 9.48. The molecule has 1 atom stereocenters. The molecule has 1 N–H and O–H groups in total. The zero-order chi connectivity index (χ0) is 27.5. The maximum atomic E-state index is 13.1. The van der Waals surface area contributed by atoms with E-state index in [4.69, 9.17) is 4.98 Å². The maximum absolute atomic E-state index is 13.1. The normalized spacial score (nSPS) is 21.1. The number of aromatic nitrogens is 2. The van der Waals surface area contributed by atoms with Crippen molar-refractivity contribution in [3.8, 4) is 11.3 Å². The van der Waals surface area contributed by atoms with Crippen molar-refractivity contribution >= 4 is 28.8 Å². The van der Waals surface area contributed by atoms with Crippen LogP contribution < -0.4 is 5.32 Å². The molecule has 204 valence electrons. The number of rotatable bonds is 4. The van der Waals surface area contributed by atoms with Crippen LogP contribution in [0.2, 0.25) is 0 Å². The van der Waals surface area contributed by atoms with Crippen molar-refractivity contribution in [3.05, 3.63) is 53.2 Å². The number of halogens is 3. The molecule has 6 rings (SSSR count). The highest BCUT2D eigenvalue weighted by atomic mass is 19.4. The summed E-state index contributed by atoms with van der Waals surface area (Å²) in [5, 5.41) is 3.27. The fraction of sp³-hybridized carbons (Fsp3) is 0.429. The fourth-order valence-corrected chi connectivity index (χ4v) is 5.97. The molecular formula is C28H28F3N5O3. The van der Waals surface area contributed by atoms with Crippen LogP contribution in [0.1, 0.15) is 47.2 Å². The molecule has 3 amide bonds. The molecule has 2 aromatic heterocycles. The minimum atomic E-state index is -4.15. The Hall–Kier alpha value is -3.73. The monoisotopic (exact) mass is 539 g/mol. The van der Waals surface area contributed by atoms with Gasteiger partial charge >= 0.3 is 6.18 Å². The molecule has 3 aliphatic heterocycles. The molecule has 0 saturated carbocycles. The lowest BCUT2D eigenvalue weighted by Crippen LogP contribution is -2.52. The maximum Gasteiger partial charge on any atom is 0.391 e. The Balaban J connectivity index is 1.27. The number of aryl methyl sites for hydroxylation is 1. The van der Waals surface area contributed by atoms with Gasteiger partial charge in [0.2, 0.25) is 11.8 Å². The van der Waals surface area contributed by atoms with Crippen LogP contribution in [-0.4, -0.2) is 62.4 Å². The number of alkyl halides is 3. The lowest BCUT2D eigenvalue weighted by atomic mass is 9.95. The summed E-state index contributed by atoms with van der Waals surface area (Å²) in [6, 6.07) is 8.77. The van der Waals surface area contributed by atoms with Gasteiger partial charge in [-0.1, -0.05) is 6.07 Å². The third-order valence-electron chi connectivity index (χ3n) is 8.19. The van der Waals surface area contributed by atoms with Gasteiger partial charge in [-0.05, 0) is 67.7 Å². The lowest BCUT2D eigenvalue weighted by molar-refractivity contribution is -0.185. The van der Waals surface area contributed by atoms with Crippen molar-refractivity contribution in [2.24, 2.45) is 13.0 Å². The van der Waals surface area contributed by atoms with Crippen molar-refractivity contribution in [3.63, 3.8) is 0 Å². The minimum Gasteiger partial charge on any atom is -0.336 e. The van der Waals surface area contributed by atoms with Crippen molar-refractivity contribution < 1.29 is 27.6 Å². The Morgan fingerprint density at radius 1 is 1.05 bits per heavy atom. The summed E-state index contributed by atoms with van der Waals surface area (Å²) in [5.41, 5.74) is 4.59. The number of benzene rings is 1. The van der Waals surface area contributed by atoms with E-state index >= 15 is 0 Å². The van der Waals surface area contributed by atoms with Gasteiger partial charge in [0.05, 0.1) is 11.6 Å². The summed E-state index contributed by atoms with van der Waals surface area (Å²) in [6.45, 7) is 1.55. The Labute approximate surface area is 222 Å². The molecule has 8 nitrogen and oxygen atoms in total. The van der Waals surface area contributed by atoms with E-state index in [1.54, 1.807) is 6.07 Å². The van der Waals surface area contributed by atoms with Crippen LogP contribution in [0.15, 0.2) is 36.5 Å². The zero-order valence-electron chi connectivity index (χ0n) is 21.4. The number of nitrogens with zero attached hydrogens (tertiary/aromatic N) is 4. The highest BCUT2D eigenvalue weighted by Crippen LogP contribution is 2.36. The smallest absolute Gasteiger partial charge is 0.336 e. The summed E-state index contributed by atoms with van der Waals surface area (Å²) in [4.78, 5) is 45.5. The van der Waals surface area contributed by atoms with Crippen LogP contribution in [0, 0.1) is 5.92 Å². The summed E-state index contributed by atoms with van der Waals surface area (Å²) in [7, 11) is 1.90. The molecular weight excluding hydrogens is 511 g/mol. The van der Waals surface area contributed by atoms with E-state index in [2.05, 4.69) is 10.2 Å². The molecule has 0 aliphatic carbocycles. The van der Waals surface area contributed by atoms with Gasteiger partial charge < -0.3 is 9.47 Å². The van der Waals surface area contributed by atoms with E-state index in [9.17, 15) is 27.6 Å². The SMILES string of the molecule is Cn1ccc2c(CN3CCC(C(F)(F)F)CC3)cc(-c3ccc4c(c3)CN(C3CCC(=O)NC3=O)C4=O)nc21. The number of carbonyl (C=O) groups is 3. The molecule has 3 aliphatic rings. The standard InChI is InChI=1S/C28H28F3N5O3/c1-34-9-8-20-18(14-35-10-6-19(7-11-35)28(29,30)31)13-22(32-25(20)34)16-2-3-21-17(12-16)15-36(27(21)39)23-4-5-24(37)33-26(23)38/h2-3,8-9,12-13,19,23H,4-7,10-11,14-15H2,1H3,(H,33,37,38). The number of piperidine rings is 2. The Morgan fingerprint density at radius 2 is 1.82 bits per heavy atom. The van der Waals surface area contributed by atoms with Crippen LogP contribution in [0.4, 0.5) is 13.2 Å². The first-order chi connectivity index (χ1) is 18.6. The fourth-order valence-electron chi connectivity index (χ4n) is 5.97. The van der Waals surface area contributed by atoms with Gasteiger partial charge in [-0.15, -0.1) is 0 Å². The van der Waals surface area contributed by atoms with E-state index < -0.39 is 24.0 Å². The van der Waals surface area contributed by atoms with Gasteiger partial charge in [0.15, 0.2) is 0 Å². The average Bonchev–Trinajstić information content (AvgIpc) is 3.43. The molecule has 3 aromatic rings. The molecule has 0 bridgehead atoms. The highest BCUT2D eigenvalue weighted by Gasteiger charge is 2.41. The molecule has 1 unspecified atom stereocenters. The molecule has 2 fully saturated rings. The average molecular weight is 540 g/mol. The van der Waals surface area contributed by atoms with E-state index in [-0.39, 0.29) is 37.6 Å². The van der Waals surface area contributed by atoms with Gasteiger partial charge in [0.1, 0.15) is 11.7 Å². The van der Waals surface area contributed by atoms with Gasteiger partial charge in [-0.2, -0.15) is 13.2 Å². The van der Waals surface area contributed by atoms with Gasteiger partial charge in [0, 0.05) is 49.3 Å². The van der Waals surface area contributed by atoms with Crippen molar-refractivity contribution in [1.82, 2.24) is 24.7 Å². The van der Waals surface area contributed by atoms with Gasteiger partial charge in [0.25, 0.3) is 5.91 Å². The molecule has 0 spiro atoms. The predicted molar refractivity (Wildman–Crippen MR) is 136 cm³/mol. The number of likely N-dealkylation sites (tertiary alicyclic amines) is 1. The van der Waals surface area contributed by atoms with E-state index in [0.717, 1.165) is 27.7 Å². The first kappa shape index (κ1) is 25.5. The number of hydrogen-bond acceptors (Lipinski definition) is 5. The van der Waals surface area contributed by atoms with Crippen LogP contribution in [0.5, 0.6) is 0 Å². The first-order valence-electron chi connectivity index (χ1n) is 13.1. The molecule has 5 heterocycles. The number of hydrogen-bond donors (Lipinski definition) is 1. The second-order valence-electron chi connectivity index (χ2n) is 10.7. The lowest BCUT2D eigenvalue weighted by Gasteiger charge is -2.33. The number of nitrogens with one attached hydrogen (secondary N) is 1. The second-order valence-corrected chi connectivity index (χ2v) is 10.7. The zero-order valence-corrected chi connectivity index (χ0v) is 21.4. The first-order valence-corrected chi connectivity index (χ1v) is 13.1. The Kier molecular flexibility index (Phi) is 6.21. The molecule has 39 heavy (non-hydrogen) atoms. The summed E-state index contributed by atoms with van der Waals surface area (Å²) >= 11 is 0. The molecule has 11 heteroatoms. The summed E-state index contributed by atoms with van der Waals surface area (Å²) in [6.07, 6.45) is -1.54. The minimum absolute atomic E-state index is 0.0991. The summed E-state index contributed by atoms with van der Waals surface area (Å²) in [5.74, 6) is -2.26. The van der Waals surface area contributed by atoms with Crippen LogP contribution >= 0.6 is 0 Å². The van der Waals surface area contributed by atoms with Crippen LogP contribution in [-0.2, 0) is 29.7 Å². The number of carbonyl (C=O) groups excluding carboxylic acids is 3. The highest BCUT2D eigenvalue weighted by molar-refractivity contribution is 6.05. The van der Waals surface area contributed by atoms with Crippen LogP contribution in [0.25, 0.3) is 22.3 Å². The number of pyridine rings is 1. The summed E-state index contributed by atoms with van der Waals surface area (Å²) < 4.78 is 41.3. The van der Waals surface area contributed by atoms with Crippen LogP contribution in [0.3, 0.4) is 0 Å². The number of fused-ring (bicyclic) bond motifs is 2. The van der Waals surface area contributed by atoms with E-state index in [1.807, 2.05) is 42.1 Å². The Bertz CT molecular complexity index is 1490. The number of imide groups is 1. The largest absolute Gasteiger partial charge is 0.391 e.